The van der Waals surface area contributed by atoms with E-state index in [1.807, 2.05) is 34.8 Å². The van der Waals surface area contributed by atoms with Gasteiger partial charge in [-0.2, -0.15) is 5.10 Å². The van der Waals surface area contributed by atoms with Gasteiger partial charge in [0.05, 0.1) is 24.9 Å². The normalized spacial score (nSPS) is 19.5. The van der Waals surface area contributed by atoms with Gasteiger partial charge in [0.2, 0.25) is 5.91 Å². The van der Waals surface area contributed by atoms with Crippen LogP contribution in [0.4, 0.5) is 0 Å². The number of rotatable bonds is 6. The fourth-order valence-electron chi connectivity index (χ4n) is 5.15. The van der Waals surface area contributed by atoms with E-state index in [1.54, 1.807) is 0 Å². The molecule has 0 aliphatic carbocycles. The smallest absolute Gasteiger partial charge is 0.223 e. The summed E-state index contributed by atoms with van der Waals surface area (Å²) in [6.45, 7) is 8.72. The van der Waals surface area contributed by atoms with Crippen LogP contribution in [0.15, 0.2) is 30.6 Å². The number of fused-ring (bicyclic) bond motifs is 1. The molecule has 2 saturated heterocycles. The van der Waals surface area contributed by atoms with Crippen molar-refractivity contribution >= 4 is 11.6 Å². The van der Waals surface area contributed by atoms with Gasteiger partial charge >= 0.3 is 0 Å². The van der Waals surface area contributed by atoms with Gasteiger partial charge in [-0.3, -0.25) is 14.7 Å². The summed E-state index contributed by atoms with van der Waals surface area (Å²) >= 11 is 0. The summed E-state index contributed by atoms with van der Waals surface area (Å²) < 4.78 is 7.33. The minimum Gasteiger partial charge on any atom is -0.378 e. The molecule has 3 aromatic heterocycles. The predicted octanol–water partition coefficient (Wildman–Crippen LogP) is 2.87. The lowest BCUT2D eigenvalue weighted by Crippen LogP contribution is -2.40. The van der Waals surface area contributed by atoms with Gasteiger partial charge in [-0.1, -0.05) is 6.07 Å². The van der Waals surface area contributed by atoms with Crippen LogP contribution in [0.1, 0.15) is 53.5 Å². The second-order valence-electron chi connectivity index (χ2n) is 9.08. The third-order valence-corrected chi connectivity index (χ3v) is 6.95. The first-order valence-electron chi connectivity index (χ1n) is 11.9. The summed E-state index contributed by atoms with van der Waals surface area (Å²) in [7, 11) is 0. The highest BCUT2D eigenvalue weighted by Crippen LogP contribution is 2.33. The lowest BCUT2D eigenvalue weighted by molar-refractivity contribution is -0.135. The summed E-state index contributed by atoms with van der Waals surface area (Å²) in [5.74, 6) is 0.190. The van der Waals surface area contributed by atoms with E-state index < -0.39 is 0 Å². The summed E-state index contributed by atoms with van der Waals surface area (Å²) in [4.78, 5) is 26.1. The van der Waals surface area contributed by atoms with Crippen LogP contribution in [0, 0.1) is 13.8 Å². The molecular weight excluding hydrogens is 416 g/mol. The van der Waals surface area contributed by atoms with Crippen LogP contribution in [0.25, 0.3) is 5.65 Å². The van der Waals surface area contributed by atoms with Gasteiger partial charge in [-0.05, 0) is 56.8 Å². The van der Waals surface area contributed by atoms with Crippen molar-refractivity contribution in [2.75, 3.05) is 32.8 Å². The molecular formula is C25H32N6O2. The standard InChI is InChI=1S/C25H32N6O2/c1-18-21(7-8-25(32)29-11-13-33-14-12-29)19(2)31-24(27-18)15-22(28-31)23-6-4-10-30(23)17-20-5-3-9-26-16-20/h3,5,9,15-16,23H,4,6-8,10-14,17H2,1-2H3. The van der Waals surface area contributed by atoms with E-state index in [-0.39, 0.29) is 11.9 Å². The van der Waals surface area contributed by atoms with Crippen LogP contribution in [-0.4, -0.2) is 68.1 Å². The Kier molecular flexibility index (Phi) is 6.37. The fourth-order valence-corrected chi connectivity index (χ4v) is 5.15. The first kappa shape index (κ1) is 22.0. The average Bonchev–Trinajstić information content (AvgIpc) is 3.47. The van der Waals surface area contributed by atoms with E-state index in [4.69, 9.17) is 14.8 Å². The third-order valence-electron chi connectivity index (χ3n) is 6.95. The summed E-state index contributed by atoms with van der Waals surface area (Å²) in [6.07, 6.45) is 7.20. The van der Waals surface area contributed by atoms with Crippen LogP contribution >= 0.6 is 0 Å². The monoisotopic (exact) mass is 448 g/mol. The summed E-state index contributed by atoms with van der Waals surface area (Å²) in [5, 5.41) is 4.99. The lowest BCUT2D eigenvalue weighted by Gasteiger charge is -2.27. The van der Waals surface area contributed by atoms with E-state index in [0.717, 1.165) is 47.8 Å². The molecule has 5 rings (SSSR count). The molecule has 33 heavy (non-hydrogen) atoms. The number of aromatic nitrogens is 4. The Balaban J connectivity index is 1.34. The van der Waals surface area contributed by atoms with Gasteiger partial charge in [0, 0.05) is 55.9 Å². The van der Waals surface area contributed by atoms with Gasteiger partial charge in [0.15, 0.2) is 5.65 Å². The molecule has 1 atom stereocenters. The van der Waals surface area contributed by atoms with E-state index >= 15 is 0 Å². The molecule has 3 aromatic rings. The van der Waals surface area contributed by atoms with Crippen molar-refractivity contribution in [3.8, 4) is 0 Å². The highest BCUT2D eigenvalue weighted by Gasteiger charge is 2.29. The zero-order valence-corrected chi connectivity index (χ0v) is 19.5. The van der Waals surface area contributed by atoms with Gasteiger partial charge in [-0.15, -0.1) is 0 Å². The molecule has 0 saturated carbocycles. The molecule has 0 spiro atoms. The number of hydrogen-bond donors (Lipinski definition) is 0. The number of hydrogen-bond acceptors (Lipinski definition) is 6. The topological polar surface area (TPSA) is 75.9 Å². The van der Waals surface area contributed by atoms with Crippen molar-refractivity contribution < 1.29 is 9.53 Å². The molecule has 8 nitrogen and oxygen atoms in total. The number of morpholine rings is 1. The molecule has 0 bridgehead atoms. The first-order chi connectivity index (χ1) is 16.1. The number of likely N-dealkylation sites (tertiary alicyclic amines) is 1. The molecule has 2 aliphatic rings. The highest BCUT2D eigenvalue weighted by molar-refractivity contribution is 5.76. The van der Waals surface area contributed by atoms with Crippen molar-refractivity contribution in [2.45, 2.75) is 52.1 Å². The maximum Gasteiger partial charge on any atom is 0.223 e. The molecule has 1 amide bonds. The molecule has 174 valence electrons. The maximum atomic E-state index is 12.6. The zero-order valence-electron chi connectivity index (χ0n) is 19.5. The van der Waals surface area contributed by atoms with E-state index in [2.05, 4.69) is 28.9 Å². The fraction of sp³-hybridized carbons (Fsp3) is 0.520. The molecule has 2 fully saturated rings. The average molecular weight is 449 g/mol. The van der Waals surface area contributed by atoms with Crippen LogP contribution in [-0.2, 0) is 22.5 Å². The second-order valence-corrected chi connectivity index (χ2v) is 9.08. The molecule has 2 aliphatic heterocycles. The Morgan fingerprint density at radius 2 is 2.06 bits per heavy atom. The Hall–Kier alpha value is -2.84. The maximum absolute atomic E-state index is 12.6. The number of pyridine rings is 1. The minimum absolute atomic E-state index is 0.190. The predicted molar refractivity (Wildman–Crippen MR) is 125 cm³/mol. The van der Waals surface area contributed by atoms with Crippen molar-refractivity contribution in [3.63, 3.8) is 0 Å². The van der Waals surface area contributed by atoms with Crippen LogP contribution in [0.2, 0.25) is 0 Å². The number of carbonyl (C=O) groups is 1. The SMILES string of the molecule is Cc1nc2cc(C3CCCN3Cc3cccnc3)nn2c(C)c1CCC(=O)N1CCOCC1. The Morgan fingerprint density at radius 1 is 1.21 bits per heavy atom. The van der Waals surface area contributed by atoms with Crippen molar-refractivity contribution in [3.05, 3.63) is 58.8 Å². The van der Waals surface area contributed by atoms with E-state index in [9.17, 15) is 4.79 Å². The third kappa shape index (κ3) is 4.63. The first-order valence-corrected chi connectivity index (χ1v) is 11.9. The quantitative estimate of drug-likeness (QED) is 0.577. The highest BCUT2D eigenvalue weighted by atomic mass is 16.5. The number of aryl methyl sites for hydroxylation is 2. The number of amides is 1. The van der Waals surface area contributed by atoms with Crippen LogP contribution < -0.4 is 0 Å². The van der Waals surface area contributed by atoms with Gasteiger partial charge in [0.1, 0.15) is 0 Å². The Labute approximate surface area is 194 Å². The largest absolute Gasteiger partial charge is 0.378 e. The molecule has 1 unspecified atom stereocenters. The van der Waals surface area contributed by atoms with Crippen molar-refractivity contribution in [1.29, 1.82) is 0 Å². The molecule has 0 aromatic carbocycles. The summed E-state index contributed by atoms with van der Waals surface area (Å²) in [6, 6.07) is 6.55. The van der Waals surface area contributed by atoms with Gasteiger partial charge in [-0.25, -0.2) is 9.50 Å². The van der Waals surface area contributed by atoms with Crippen molar-refractivity contribution in [1.82, 2.24) is 29.4 Å². The number of nitrogens with zero attached hydrogens (tertiary/aromatic N) is 6. The van der Waals surface area contributed by atoms with Crippen molar-refractivity contribution in [2.24, 2.45) is 0 Å². The Morgan fingerprint density at radius 3 is 2.85 bits per heavy atom. The number of ether oxygens (including phenoxy) is 1. The number of carbonyl (C=O) groups excluding carboxylic acids is 1. The van der Waals surface area contributed by atoms with Crippen LogP contribution in [0.5, 0.6) is 0 Å². The van der Waals surface area contributed by atoms with E-state index in [1.165, 1.54) is 12.0 Å². The lowest BCUT2D eigenvalue weighted by atomic mass is 10.1. The Bertz CT molecular complexity index is 1120. The van der Waals surface area contributed by atoms with Crippen LogP contribution in [0.3, 0.4) is 0 Å². The zero-order chi connectivity index (χ0) is 22.8. The second kappa shape index (κ2) is 9.57. The molecule has 0 N–H and O–H groups in total. The molecule has 5 heterocycles. The molecule has 8 heteroatoms. The van der Waals surface area contributed by atoms with E-state index in [0.29, 0.717) is 39.1 Å². The minimum atomic E-state index is 0.190. The molecule has 0 radical (unpaired) electrons. The summed E-state index contributed by atoms with van der Waals surface area (Å²) in [5.41, 5.74) is 6.38. The van der Waals surface area contributed by atoms with Gasteiger partial charge < -0.3 is 9.64 Å². The van der Waals surface area contributed by atoms with Gasteiger partial charge in [0.25, 0.3) is 0 Å².